The van der Waals surface area contributed by atoms with Gasteiger partial charge in [-0.15, -0.1) is 0 Å². The van der Waals surface area contributed by atoms with Crippen LogP contribution in [0.4, 0.5) is 5.82 Å². The Labute approximate surface area is 168 Å². The molecule has 6 nitrogen and oxygen atoms in total. The second-order valence-electron chi connectivity index (χ2n) is 7.70. The molecule has 1 amide bonds. The molecule has 0 aliphatic carbocycles. The van der Waals surface area contributed by atoms with Crippen molar-refractivity contribution < 1.29 is 4.79 Å². The summed E-state index contributed by atoms with van der Waals surface area (Å²) in [6, 6.07) is 8.31. The minimum absolute atomic E-state index is 0.0549. The number of aromatic nitrogens is 2. The largest absolute Gasteiger partial charge is 0.354 e. The van der Waals surface area contributed by atoms with Crippen LogP contribution in [0.3, 0.4) is 0 Å². The van der Waals surface area contributed by atoms with E-state index in [0.29, 0.717) is 24.7 Å². The van der Waals surface area contributed by atoms with Gasteiger partial charge in [0.1, 0.15) is 5.82 Å². The number of hydrogen-bond acceptors (Lipinski definition) is 5. The van der Waals surface area contributed by atoms with Crippen LogP contribution < -0.4 is 10.2 Å². The average molecular weight is 382 g/mol. The van der Waals surface area contributed by atoms with E-state index in [1.54, 1.807) is 6.20 Å². The quantitative estimate of drug-likeness (QED) is 0.799. The molecule has 0 spiro atoms. The second-order valence-corrected chi connectivity index (χ2v) is 7.70. The number of anilines is 1. The molecule has 2 aromatic heterocycles. The molecular formula is C22H31N5O. The molecule has 2 aromatic rings. The lowest BCUT2D eigenvalue weighted by Crippen LogP contribution is -2.39. The molecule has 150 valence electrons. The zero-order valence-corrected chi connectivity index (χ0v) is 17.2. The molecule has 0 aromatic carbocycles. The number of carbonyl (C=O) groups excluding carboxylic acids is 1. The number of hydrogen-bond donors (Lipinski definition) is 1. The van der Waals surface area contributed by atoms with E-state index in [-0.39, 0.29) is 5.91 Å². The monoisotopic (exact) mass is 381 g/mol. The van der Waals surface area contributed by atoms with E-state index in [2.05, 4.69) is 40.2 Å². The Morgan fingerprint density at radius 2 is 2.14 bits per heavy atom. The van der Waals surface area contributed by atoms with Gasteiger partial charge in [-0.1, -0.05) is 12.5 Å². The number of nitrogens with one attached hydrogen (secondary N) is 1. The predicted molar refractivity (Wildman–Crippen MR) is 113 cm³/mol. The van der Waals surface area contributed by atoms with Crippen molar-refractivity contribution >= 4 is 11.7 Å². The second kappa shape index (κ2) is 9.64. The minimum atomic E-state index is -0.0549. The summed E-state index contributed by atoms with van der Waals surface area (Å²) in [7, 11) is 4.16. The molecule has 1 atom stereocenters. The molecule has 1 fully saturated rings. The van der Waals surface area contributed by atoms with E-state index in [4.69, 9.17) is 0 Å². The van der Waals surface area contributed by atoms with Crippen molar-refractivity contribution in [3.8, 4) is 0 Å². The maximum absolute atomic E-state index is 12.4. The fourth-order valence-electron chi connectivity index (χ4n) is 3.70. The summed E-state index contributed by atoms with van der Waals surface area (Å²) in [5.41, 5.74) is 2.79. The third-order valence-electron chi connectivity index (χ3n) is 5.59. The first-order valence-electron chi connectivity index (χ1n) is 10.1. The van der Waals surface area contributed by atoms with Crippen molar-refractivity contribution in [2.24, 2.45) is 0 Å². The first-order chi connectivity index (χ1) is 13.5. The fraction of sp³-hybridized carbons (Fsp3) is 0.500. The van der Waals surface area contributed by atoms with E-state index >= 15 is 0 Å². The van der Waals surface area contributed by atoms with E-state index < -0.39 is 0 Å². The number of likely N-dealkylation sites (tertiary alicyclic amines) is 1. The molecular weight excluding hydrogens is 350 g/mol. The standard InChI is InChI=1S/C22H31N5O/c1-17-7-6-12-23-20(17)16-27(3)21-10-9-18(15-25-21)22(28)24-13-11-19-8-4-5-14-26(19)2/h6-7,9-10,12,15,19H,4-5,8,11,13-14,16H2,1-3H3,(H,24,28)/t19-/m1/s1. The van der Waals surface area contributed by atoms with E-state index in [1.165, 1.54) is 19.3 Å². The Morgan fingerprint density at radius 1 is 1.29 bits per heavy atom. The van der Waals surface area contributed by atoms with Crippen molar-refractivity contribution in [3.63, 3.8) is 0 Å². The van der Waals surface area contributed by atoms with Crippen LogP contribution in [0.5, 0.6) is 0 Å². The number of aryl methyl sites for hydroxylation is 1. The van der Waals surface area contributed by atoms with Crippen LogP contribution in [-0.2, 0) is 6.54 Å². The minimum Gasteiger partial charge on any atom is -0.354 e. The lowest BCUT2D eigenvalue weighted by molar-refractivity contribution is 0.0945. The van der Waals surface area contributed by atoms with Gasteiger partial charge >= 0.3 is 0 Å². The predicted octanol–water partition coefficient (Wildman–Crippen LogP) is 3.03. The molecule has 1 N–H and O–H groups in total. The van der Waals surface area contributed by atoms with Gasteiger partial charge in [-0.3, -0.25) is 9.78 Å². The molecule has 6 heteroatoms. The highest BCUT2D eigenvalue weighted by Crippen LogP contribution is 2.17. The van der Waals surface area contributed by atoms with Gasteiger partial charge in [0.15, 0.2) is 0 Å². The van der Waals surface area contributed by atoms with E-state index in [9.17, 15) is 4.79 Å². The third kappa shape index (κ3) is 5.29. The summed E-state index contributed by atoms with van der Waals surface area (Å²) in [4.78, 5) is 25.7. The Balaban J connectivity index is 1.50. The zero-order chi connectivity index (χ0) is 19.9. The van der Waals surface area contributed by atoms with Crippen molar-refractivity contribution in [1.29, 1.82) is 0 Å². The fourth-order valence-corrected chi connectivity index (χ4v) is 3.70. The molecule has 3 rings (SSSR count). The van der Waals surface area contributed by atoms with Crippen LogP contribution >= 0.6 is 0 Å². The lowest BCUT2D eigenvalue weighted by atomic mass is 10.0. The number of piperidine rings is 1. The third-order valence-corrected chi connectivity index (χ3v) is 5.59. The molecule has 0 bridgehead atoms. The van der Waals surface area contributed by atoms with Gasteiger partial charge in [-0.25, -0.2) is 4.98 Å². The molecule has 3 heterocycles. The molecule has 0 unspecified atom stereocenters. The smallest absolute Gasteiger partial charge is 0.252 e. The summed E-state index contributed by atoms with van der Waals surface area (Å²) in [5.74, 6) is 0.770. The van der Waals surface area contributed by atoms with Crippen molar-refractivity contribution in [2.45, 2.75) is 45.2 Å². The normalized spacial score (nSPS) is 17.3. The summed E-state index contributed by atoms with van der Waals surface area (Å²) in [6.45, 7) is 4.60. The van der Waals surface area contributed by atoms with Crippen LogP contribution in [0.1, 0.15) is 47.3 Å². The van der Waals surface area contributed by atoms with E-state index in [0.717, 1.165) is 30.0 Å². The van der Waals surface area contributed by atoms with Gasteiger partial charge in [0, 0.05) is 32.0 Å². The molecule has 1 saturated heterocycles. The molecule has 28 heavy (non-hydrogen) atoms. The van der Waals surface area contributed by atoms with Gasteiger partial charge in [0.25, 0.3) is 5.91 Å². The number of rotatable bonds is 7. The van der Waals surface area contributed by atoms with Crippen LogP contribution in [0.25, 0.3) is 0 Å². The summed E-state index contributed by atoms with van der Waals surface area (Å²) < 4.78 is 0. The maximum Gasteiger partial charge on any atom is 0.252 e. The van der Waals surface area contributed by atoms with Gasteiger partial charge in [0.2, 0.25) is 0 Å². The highest BCUT2D eigenvalue weighted by Gasteiger charge is 2.18. The van der Waals surface area contributed by atoms with Gasteiger partial charge in [-0.2, -0.15) is 0 Å². The zero-order valence-electron chi connectivity index (χ0n) is 17.2. The molecule has 0 saturated carbocycles. The number of carbonyl (C=O) groups is 1. The topological polar surface area (TPSA) is 61.4 Å². The van der Waals surface area contributed by atoms with Crippen LogP contribution in [-0.4, -0.2) is 54.0 Å². The highest BCUT2D eigenvalue weighted by molar-refractivity contribution is 5.94. The number of pyridine rings is 2. The molecule has 0 radical (unpaired) electrons. The van der Waals surface area contributed by atoms with Gasteiger partial charge < -0.3 is 15.1 Å². The first kappa shape index (κ1) is 20.3. The lowest BCUT2D eigenvalue weighted by Gasteiger charge is -2.32. The van der Waals surface area contributed by atoms with Crippen molar-refractivity contribution in [1.82, 2.24) is 20.2 Å². The Morgan fingerprint density at radius 3 is 2.86 bits per heavy atom. The molecule has 1 aliphatic heterocycles. The SMILES string of the molecule is Cc1cccnc1CN(C)c1ccc(C(=O)NCC[C@H]2CCCCN2C)cn1. The Hall–Kier alpha value is -2.47. The van der Waals surface area contributed by atoms with Gasteiger partial charge in [0.05, 0.1) is 17.8 Å². The average Bonchev–Trinajstić information content (AvgIpc) is 2.71. The van der Waals surface area contributed by atoms with Crippen LogP contribution in [0, 0.1) is 6.92 Å². The van der Waals surface area contributed by atoms with E-state index in [1.807, 2.05) is 36.3 Å². The number of nitrogens with zero attached hydrogens (tertiary/aromatic N) is 4. The first-order valence-corrected chi connectivity index (χ1v) is 10.1. The summed E-state index contributed by atoms with van der Waals surface area (Å²) in [5, 5.41) is 3.03. The van der Waals surface area contributed by atoms with Crippen LogP contribution in [0.2, 0.25) is 0 Å². The highest BCUT2D eigenvalue weighted by atomic mass is 16.1. The molecule has 1 aliphatic rings. The van der Waals surface area contributed by atoms with Crippen molar-refractivity contribution in [2.75, 3.05) is 32.1 Å². The Kier molecular flexibility index (Phi) is 6.98. The van der Waals surface area contributed by atoms with Crippen molar-refractivity contribution in [3.05, 3.63) is 53.5 Å². The summed E-state index contributed by atoms with van der Waals surface area (Å²) in [6.07, 6.45) is 8.26. The number of amides is 1. The van der Waals surface area contributed by atoms with Crippen LogP contribution in [0.15, 0.2) is 36.7 Å². The summed E-state index contributed by atoms with van der Waals surface area (Å²) >= 11 is 0. The Bertz CT molecular complexity index is 777. The van der Waals surface area contributed by atoms with Gasteiger partial charge in [-0.05, 0) is 63.5 Å². The maximum atomic E-state index is 12.4.